The Labute approximate surface area is 162 Å². The number of carbonyl (C=O) groups is 1. The van der Waals surface area contributed by atoms with Gasteiger partial charge in [0.05, 0.1) is 0 Å². The second kappa shape index (κ2) is 6.60. The summed E-state index contributed by atoms with van der Waals surface area (Å²) >= 11 is 0. The number of fused-ring (bicyclic) bond motifs is 2. The molecule has 5 heteroatoms. The monoisotopic (exact) mass is 373 g/mol. The standard InChI is InChI=1S/C23H19NO4/c1-14-18-12-17(24-23(25)15-5-3-2-4-6-15)8-10-19(18)28-22(14)16-7-9-20-21(11-16)27-13-26-20/h2-12,14,22H,13H2,1H3,(H,24,25)/t14-,22-/m0/s1. The fraction of sp³-hybridized carbons (Fsp3) is 0.174. The molecule has 0 unspecified atom stereocenters. The van der Waals surface area contributed by atoms with Crippen LogP contribution in [-0.4, -0.2) is 12.7 Å². The highest BCUT2D eigenvalue weighted by Crippen LogP contribution is 2.48. The summed E-state index contributed by atoms with van der Waals surface area (Å²) in [6, 6.07) is 20.9. The molecule has 5 nitrogen and oxygen atoms in total. The Bertz CT molecular complexity index is 1050. The second-order valence-corrected chi connectivity index (χ2v) is 7.01. The number of ether oxygens (including phenoxy) is 3. The molecule has 5 rings (SSSR count). The van der Waals surface area contributed by atoms with Crippen molar-refractivity contribution in [2.24, 2.45) is 0 Å². The van der Waals surface area contributed by atoms with Gasteiger partial charge in [0.1, 0.15) is 11.9 Å². The number of benzene rings is 3. The summed E-state index contributed by atoms with van der Waals surface area (Å²) in [6.45, 7) is 2.38. The van der Waals surface area contributed by atoms with Crippen LogP contribution >= 0.6 is 0 Å². The summed E-state index contributed by atoms with van der Waals surface area (Å²) < 4.78 is 17.1. The first-order valence-corrected chi connectivity index (χ1v) is 9.25. The van der Waals surface area contributed by atoms with E-state index in [4.69, 9.17) is 14.2 Å². The topological polar surface area (TPSA) is 56.8 Å². The molecular formula is C23H19NO4. The third kappa shape index (κ3) is 2.85. The molecule has 28 heavy (non-hydrogen) atoms. The second-order valence-electron chi connectivity index (χ2n) is 7.01. The van der Waals surface area contributed by atoms with Crippen molar-refractivity contribution in [1.29, 1.82) is 0 Å². The van der Waals surface area contributed by atoms with Crippen molar-refractivity contribution in [3.63, 3.8) is 0 Å². The number of hydrogen-bond acceptors (Lipinski definition) is 4. The summed E-state index contributed by atoms with van der Waals surface area (Å²) in [4.78, 5) is 12.4. The van der Waals surface area contributed by atoms with Gasteiger partial charge in [-0.05, 0) is 48.0 Å². The lowest BCUT2D eigenvalue weighted by Gasteiger charge is -2.16. The van der Waals surface area contributed by atoms with E-state index in [0.29, 0.717) is 5.56 Å². The molecule has 0 fully saturated rings. The molecule has 2 aliphatic heterocycles. The summed E-state index contributed by atoms with van der Waals surface area (Å²) in [5, 5.41) is 2.97. The minimum Gasteiger partial charge on any atom is -0.485 e. The Morgan fingerprint density at radius 1 is 0.929 bits per heavy atom. The minimum atomic E-state index is -0.126. The normalized spacial score (nSPS) is 19.0. The number of carbonyl (C=O) groups excluding carboxylic acids is 1. The van der Waals surface area contributed by atoms with Crippen LogP contribution in [0.4, 0.5) is 5.69 Å². The van der Waals surface area contributed by atoms with Gasteiger partial charge < -0.3 is 19.5 Å². The number of anilines is 1. The molecular weight excluding hydrogens is 354 g/mol. The molecule has 0 saturated heterocycles. The lowest BCUT2D eigenvalue weighted by atomic mass is 9.92. The Hall–Kier alpha value is -3.47. The van der Waals surface area contributed by atoms with Crippen molar-refractivity contribution in [3.05, 3.63) is 83.4 Å². The highest BCUT2D eigenvalue weighted by atomic mass is 16.7. The molecule has 0 radical (unpaired) electrons. The van der Waals surface area contributed by atoms with Gasteiger partial charge in [-0.15, -0.1) is 0 Å². The summed E-state index contributed by atoms with van der Waals surface area (Å²) in [6.07, 6.45) is -0.107. The Balaban J connectivity index is 1.38. The van der Waals surface area contributed by atoms with Gasteiger partial charge in [0.2, 0.25) is 6.79 Å². The maximum atomic E-state index is 12.4. The van der Waals surface area contributed by atoms with Crippen molar-refractivity contribution in [1.82, 2.24) is 0 Å². The van der Waals surface area contributed by atoms with Gasteiger partial charge in [-0.3, -0.25) is 4.79 Å². The minimum absolute atomic E-state index is 0.107. The SMILES string of the molecule is C[C@H]1c2cc(NC(=O)c3ccccc3)ccc2O[C@@H]1c1ccc2c(c1)OCO2. The van der Waals surface area contributed by atoms with Crippen LogP contribution in [0.5, 0.6) is 17.2 Å². The Morgan fingerprint density at radius 2 is 1.71 bits per heavy atom. The lowest BCUT2D eigenvalue weighted by molar-refractivity contribution is 0.102. The van der Waals surface area contributed by atoms with Crippen molar-refractivity contribution in [2.75, 3.05) is 12.1 Å². The van der Waals surface area contributed by atoms with E-state index in [-0.39, 0.29) is 24.7 Å². The average Bonchev–Trinajstić information content (AvgIpc) is 3.32. The number of hydrogen-bond donors (Lipinski definition) is 1. The van der Waals surface area contributed by atoms with Gasteiger partial charge in [0, 0.05) is 22.7 Å². The zero-order chi connectivity index (χ0) is 19.1. The first-order valence-electron chi connectivity index (χ1n) is 9.25. The van der Waals surface area contributed by atoms with E-state index in [2.05, 4.69) is 12.2 Å². The van der Waals surface area contributed by atoms with Crippen molar-refractivity contribution < 1.29 is 19.0 Å². The molecule has 2 atom stereocenters. The smallest absolute Gasteiger partial charge is 0.255 e. The predicted octanol–water partition coefficient (Wildman–Crippen LogP) is 4.90. The van der Waals surface area contributed by atoms with E-state index in [1.54, 1.807) is 12.1 Å². The van der Waals surface area contributed by atoms with Crippen molar-refractivity contribution >= 4 is 11.6 Å². The highest BCUT2D eigenvalue weighted by Gasteiger charge is 2.33. The van der Waals surface area contributed by atoms with E-state index in [0.717, 1.165) is 34.1 Å². The van der Waals surface area contributed by atoms with Crippen LogP contribution in [0.25, 0.3) is 0 Å². The van der Waals surface area contributed by atoms with Crippen LogP contribution in [0, 0.1) is 0 Å². The molecule has 3 aromatic rings. The maximum Gasteiger partial charge on any atom is 0.255 e. The van der Waals surface area contributed by atoms with Crippen LogP contribution in [0.2, 0.25) is 0 Å². The molecule has 1 amide bonds. The zero-order valence-electron chi connectivity index (χ0n) is 15.3. The van der Waals surface area contributed by atoms with E-state index >= 15 is 0 Å². The molecule has 0 bridgehead atoms. The third-order valence-electron chi connectivity index (χ3n) is 5.23. The van der Waals surface area contributed by atoms with Gasteiger partial charge >= 0.3 is 0 Å². The molecule has 140 valence electrons. The van der Waals surface area contributed by atoms with Crippen molar-refractivity contribution in [2.45, 2.75) is 18.9 Å². The van der Waals surface area contributed by atoms with E-state index < -0.39 is 0 Å². The third-order valence-corrected chi connectivity index (χ3v) is 5.23. The lowest BCUT2D eigenvalue weighted by Crippen LogP contribution is -2.11. The molecule has 0 spiro atoms. The Morgan fingerprint density at radius 3 is 2.57 bits per heavy atom. The number of rotatable bonds is 3. The van der Waals surface area contributed by atoms with Gasteiger partial charge in [0.25, 0.3) is 5.91 Å². The largest absolute Gasteiger partial charge is 0.485 e. The van der Waals surface area contributed by atoms with E-state index in [1.165, 1.54) is 0 Å². The zero-order valence-corrected chi connectivity index (χ0v) is 15.3. The summed E-state index contributed by atoms with van der Waals surface area (Å²) in [5.41, 5.74) is 3.51. The fourth-order valence-electron chi connectivity index (χ4n) is 3.73. The quantitative estimate of drug-likeness (QED) is 0.709. The molecule has 0 aliphatic carbocycles. The van der Waals surface area contributed by atoms with E-state index in [1.807, 2.05) is 54.6 Å². The van der Waals surface area contributed by atoms with Crippen LogP contribution in [0.3, 0.4) is 0 Å². The molecule has 1 N–H and O–H groups in total. The summed E-state index contributed by atoms with van der Waals surface area (Å²) in [5.74, 6) is 2.37. The molecule has 0 saturated carbocycles. The first kappa shape index (κ1) is 16.7. The number of amides is 1. The highest BCUT2D eigenvalue weighted by molar-refractivity contribution is 6.04. The van der Waals surface area contributed by atoms with Crippen LogP contribution < -0.4 is 19.5 Å². The van der Waals surface area contributed by atoms with Gasteiger partial charge in [-0.1, -0.05) is 31.2 Å². The first-order chi connectivity index (χ1) is 13.7. The molecule has 2 aliphatic rings. The fourth-order valence-corrected chi connectivity index (χ4v) is 3.73. The molecule has 3 aromatic carbocycles. The molecule has 2 heterocycles. The van der Waals surface area contributed by atoms with Crippen LogP contribution in [0.1, 0.15) is 40.4 Å². The van der Waals surface area contributed by atoms with E-state index in [9.17, 15) is 4.79 Å². The molecule has 0 aromatic heterocycles. The van der Waals surface area contributed by atoms with Gasteiger partial charge in [-0.2, -0.15) is 0 Å². The maximum absolute atomic E-state index is 12.4. The van der Waals surface area contributed by atoms with Crippen LogP contribution in [-0.2, 0) is 0 Å². The van der Waals surface area contributed by atoms with Gasteiger partial charge in [-0.25, -0.2) is 0 Å². The summed E-state index contributed by atoms with van der Waals surface area (Å²) in [7, 11) is 0. The van der Waals surface area contributed by atoms with Crippen molar-refractivity contribution in [3.8, 4) is 17.2 Å². The Kier molecular flexibility index (Phi) is 3.93. The number of nitrogens with one attached hydrogen (secondary N) is 1. The van der Waals surface area contributed by atoms with Gasteiger partial charge in [0.15, 0.2) is 11.5 Å². The van der Waals surface area contributed by atoms with Crippen LogP contribution in [0.15, 0.2) is 66.7 Å². The predicted molar refractivity (Wildman–Crippen MR) is 105 cm³/mol. The average molecular weight is 373 g/mol.